The molecule has 1 unspecified atom stereocenters. The van der Waals surface area contributed by atoms with E-state index in [1.807, 2.05) is 0 Å². The van der Waals surface area contributed by atoms with E-state index in [1.165, 1.54) is 10.6 Å². The number of rotatable bonds is 4. The molecule has 21 heavy (non-hydrogen) atoms. The van der Waals surface area contributed by atoms with Gasteiger partial charge in [-0.15, -0.1) is 0 Å². The maximum absolute atomic E-state index is 12.0. The second-order valence-corrected chi connectivity index (χ2v) is 9.48. The molecule has 0 saturated carbocycles. The lowest BCUT2D eigenvalue weighted by Crippen LogP contribution is -2.47. The summed E-state index contributed by atoms with van der Waals surface area (Å²) in [7, 11) is -6.77. The van der Waals surface area contributed by atoms with Gasteiger partial charge in [-0.2, -0.15) is 0 Å². The fourth-order valence-electron chi connectivity index (χ4n) is 3.09. The summed E-state index contributed by atoms with van der Waals surface area (Å²) in [6, 6.07) is -0.0130. The van der Waals surface area contributed by atoms with Crippen molar-refractivity contribution in [2.45, 2.75) is 25.3 Å². The molecule has 8 nitrogen and oxygen atoms in total. The fraction of sp³-hybridized carbons (Fsp3) is 0.909. The van der Waals surface area contributed by atoms with Crippen LogP contribution in [-0.4, -0.2) is 69.6 Å². The summed E-state index contributed by atoms with van der Waals surface area (Å²) in [5.74, 6) is -0.515. The monoisotopic (exact) mass is 339 g/mol. The van der Waals surface area contributed by atoms with Gasteiger partial charge in [-0.1, -0.05) is 0 Å². The van der Waals surface area contributed by atoms with E-state index in [0.717, 1.165) is 0 Å². The Bertz CT molecular complexity index is 608. The van der Waals surface area contributed by atoms with E-state index in [2.05, 4.69) is 0 Å². The van der Waals surface area contributed by atoms with Gasteiger partial charge in [-0.25, -0.2) is 26.3 Å². The Morgan fingerprint density at radius 2 is 1.76 bits per heavy atom. The Morgan fingerprint density at radius 1 is 1.19 bits per heavy atom. The first kappa shape index (κ1) is 16.7. The second-order valence-electron chi connectivity index (χ2n) is 5.84. The predicted molar refractivity (Wildman–Crippen MR) is 77.2 cm³/mol. The number of amides is 1. The summed E-state index contributed by atoms with van der Waals surface area (Å²) < 4.78 is 46.5. The topological polar surface area (TPSA) is 118 Å². The highest BCUT2D eigenvalue weighted by Gasteiger charge is 2.37. The zero-order chi connectivity index (χ0) is 15.8. The normalized spacial score (nSPS) is 26.5. The van der Waals surface area contributed by atoms with E-state index in [9.17, 15) is 21.6 Å². The van der Waals surface area contributed by atoms with Crippen LogP contribution in [0.2, 0.25) is 0 Å². The highest BCUT2D eigenvalue weighted by Crippen LogP contribution is 2.26. The minimum Gasteiger partial charge on any atom is -0.339 e. The minimum atomic E-state index is -3.58. The minimum absolute atomic E-state index is 0.0130. The molecule has 0 aromatic heterocycles. The molecule has 0 aliphatic carbocycles. The van der Waals surface area contributed by atoms with Crippen LogP contribution in [0.3, 0.4) is 0 Å². The number of sulfonamides is 2. The number of hydrogen-bond donors (Lipinski definition) is 1. The van der Waals surface area contributed by atoms with E-state index in [4.69, 9.17) is 5.14 Å². The van der Waals surface area contributed by atoms with Crippen LogP contribution in [0.25, 0.3) is 0 Å². The zero-order valence-corrected chi connectivity index (χ0v) is 13.6. The van der Waals surface area contributed by atoms with Crippen LogP contribution in [0.15, 0.2) is 0 Å². The number of carbonyl (C=O) groups excluding carboxylic acids is 1. The molecule has 0 bridgehead atoms. The summed E-state index contributed by atoms with van der Waals surface area (Å²) in [4.78, 5) is 13.7. The molecule has 1 atom stereocenters. The molecule has 2 rings (SSSR count). The number of nitrogens with zero attached hydrogens (tertiary/aromatic N) is 2. The Morgan fingerprint density at radius 3 is 2.24 bits per heavy atom. The van der Waals surface area contributed by atoms with Gasteiger partial charge in [-0.3, -0.25) is 4.79 Å². The van der Waals surface area contributed by atoms with Crippen LogP contribution in [0, 0.1) is 5.92 Å². The maximum atomic E-state index is 12.0. The average Bonchev–Trinajstić information content (AvgIpc) is 2.66. The largest absolute Gasteiger partial charge is 0.339 e. The van der Waals surface area contributed by atoms with Gasteiger partial charge in [0.25, 0.3) is 0 Å². The van der Waals surface area contributed by atoms with Crippen molar-refractivity contribution in [3.63, 3.8) is 0 Å². The van der Waals surface area contributed by atoms with Crippen molar-refractivity contribution in [3.05, 3.63) is 0 Å². The molecule has 1 amide bonds. The summed E-state index contributed by atoms with van der Waals surface area (Å²) in [6.07, 6.45) is 2.54. The standard InChI is InChI=1S/C11H21N3O5S2/c1-20(16,17)13-4-2-10(3-5-13)14-7-9(6-11(14)15)8-21(12,18)19/h9-10H,2-8H2,1H3,(H2,12,18,19). The Hall–Kier alpha value is -0.710. The number of hydrogen-bond acceptors (Lipinski definition) is 5. The van der Waals surface area contributed by atoms with E-state index >= 15 is 0 Å². The van der Waals surface area contributed by atoms with Crippen LogP contribution < -0.4 is 5.14 Å². The Kier molecular flexibility index (Phi) is 4.62. The van der Waals surface area contributed by atoms with Crippen molar-refractivity contribution in [1.82, 2.24) is 9.21 Å². The second kappa shape index (κ2) is 5.82. The Balaban J connectivity index is 1.94. The van der Waals surface area contributed by atoms with Gasteiger partial charge in [0.15, 0.2) is 0 Å². The summed E-state index contributed by atoms with van der Waals surface area (Å²) in [6.45, 7) is 1.18. The van der Waals surface area contributed by atoms with Crippen LogP contribution in [0.4, 0.5) is 0 Å². The molecule has 0 radical (unpaired) electrons. The third kappa shape index (κ3) is 4.38. The third-order valence-electron chi connectivity index (χ3n) is 4.04. The van der Waals surface area contributed by atoms with Crippen molar-refractivity contribution in [2.75, 3.05) is 31.6 Å². The third-order valence-corrected chi connectivity index (χ3v) is 6.28. The van der Waals surface area contributed by atoms with Gasteiger partial charge in [0.2, 0.25) is 26.0 Å². The van der Waals surface area contributed by atoms with Crippen molar-refractivity contribution in [3.8, 4) is 0 Å². The summed E-state index contributed by atoms with van der Waals surface area (Å²) in [5, 5.41) is 5.02. The Labute approximate surface area is 125 Å². The van der Waals surface area contributed by atoms with Gasteiger partial charge < -0.3 is 4.90 Å². The molecule has 2 N–H and O–H groups in total. The maximum Gasteiger partial charge on any atom is 0.223 e. The molecule has 0 aromatic rings. The molecule has 122 valence electrons. The molecular weight excluding hydrogens is 318 g/mol. The van der Waals surface area contributed by atoms with Gasteiger partial charge >= 0.3 is 0 Å². The van der Waals surface area contributed by atoms with Crippen LogP contribution in [0.5, 0.6) is 0 Å². The summed E-state index contributed by atoms with van der Waals surface area (Å²) in [5.41, 5.74) is 0. The number of piperidine rings is 1. The van der Waals surface area contributed by atoms with Crippen LogP contribution >= 0.6 is 0 Å². The highest BCUT2D eigenvalue weighted by molar-refractivity contribution is 7.89. The van der Waals surface area contributed by atoms with Crippen molar-refractivity contribution >= 4 is 26.0 Å². The lowest BCUT2D eigenvalue weighted by atomic mass is 10.1. The average molecular weight is 339 g/mol. The number of carbonyl (C=O) groups is 1. The first-order valence-electron chi connectivity index (χ1n) is 6.81. The number of nitrogens with two attached hydrogens (primary N) is 1. The fourth-order valence-corrected chi connectivity index (χ4v) is 4.84. The smallest absolute Gasteiger partial charge is 0.223 e. The molecule has 0 spiro atoms. The molecule has 2 fully saturated rings. The van der Waals surface area contributed by atoms with Gasteiger partial charge in [0.05, 0.1) is 12.0 Å². The molecular formula is C11H21N3O5S2. The molecule has 2 aliphatic heterocycles. The molecule has 10 heteroatoms. The highest BCUT2D eigenvalue weighted by atomic mass is 32.2. The van der Waals surface area contributed by atoms with Crippen molar-refractivity contribution < 1.29 is 21.6 Å². The zero-order valence-electron chi connectivity index (χ0n) is 11.9. The van der Waals surface area contributed by atoms with Gasteiger partial charge in [-0.05, 0) is 12.8 Å². The first-order valence-corrected chi connectivity index (χ1v) is 10.4. The van der Waals surface area contributed by atoms with Crippen LogP contribution in [0.1, 0.15) is 19.3 Å². The lowest BCUT2D eigenvalue weighted by molar-refractivity contribution is -0.130. The van der Waals surface area contributed by atoms with E-state index < -0.39 is 20.0 Å². The van der Waals surface area contributed by atoms with E-state index in [0.29, 0.717) is 32.5 Å². The molecule has 2 aliphatic rings. The van der Waals surface area contributed by atoms with E-state index in [1.54, 1.807) is 4.90 Å². The van der Waals surface area contributed by atoms with Gasteiger partial charge in [0.1, 0.15) is 0 Å². The van der Waals surface area contributed by atoms with Crippen LogP contribution in [-0.2, 0) is 24.8 Å². The number of likely N-dealkylation sites (tertiary alicyclic amines) is 1. The van der Waals surface area contributed by atoms with Crippen molar-refractivity contribution in [2.24, 2.45) is 11.1 Å². The lowest BCUT2D eigenvalue weighted by Gasteiger charge is -2.35. The number of primary sulfonamides is 1. The molecule has 0 aromatic carbocycles. The van der Waals surface area contributed by atoms with Crippen molar-refractivity contribution in [1.29, 1.82) is 0 Å². The molecule has 2 heterocycles. The quantitative estimate of drug-likeness (QED) is 0.672. The molecule has 2 saturated heterocycles. The van der Waals surface area contributed by atoms with Gasteiger partial charge in [0, 0.05) is 38.0 Å². The predicted octanol–water partition coefficient (Wildman–Crippen LogP) is -1.45. The summed E-state index contributed by atoms with van der Waals surface area (Å²) >= 11 is 0. The first-order chi connectivity index (χ1) is 9.56. The van der Waals surface area contributed by atoms with E-state index in [-0.39, 0.29) is 30.0 Å². The SMILES string of the molecule is CS(=O)(=O)N1CCC(N2CC(CS(N)(=O)=O)CC2=O)CC1.